The Morgan fingerprint density at radius 1 is 1.45 bits per heavy atom. The summed E-state index contributed by atoms with van der Waals surface area (Å²) >= 11 is 0. The predicted octanol–water partition coefficient (Wildman–Crippen LogP) is -2.82. The largest absolute Gasteiger partial charge is 1.00 e. The molecular formula is C5H5N4NaO. The van der Waals surface area contributed by atoms with Gasteiger partial charge in [-0.2, -0.15) is 4.73 Å². The van der Waals surface area contributed by atoms with E-state index < -0.39 is 0 Å². The summed E-state index contributed by atoms with van der Waals surface area (Å²) in [4.78, 5) is 11.3. The zero-order valence-corrected chi connectivity index (χ0v) is 7.97. The molecular weight excluding hydrogens is 155 g/mol. The number of hydrogen-bond acceptors (Lipinski definition) is 4. The van der Waals surface area contributed by atoms with Crippen LogP contribution in [0.15, 0.2) is 18.9 Å². The summed E-state index contributed by atoms with van der Waals surface area (Å²) in [5.41, 5.74) is 1.01. The Morgan fingerprint density at radius 3 is 3.00 bits per heavy atom. The fourth-order valence-electron chi connectivity index (χ4n) is 0.755. The Morgan fingerprint density at radius 2 is 2.27 bits per heavy atom. The van der Waals surface area contributed by atoms with Gasteiger partial charge in [0, 0.05) is 0 Å². The number of fused-ring (bicyclic) bond motifs is 1. The normalized spacial score (nSPS) is 9.45. The third-order valence-electron chi connectivity index (χ3n) is 1.20. The van der Waals surface area contributed by atoms with E-state index in [1.807, 2.05) is 0 Å². The van der Waals surface area contributed by atoms with Gasteiger partial charge >= 0.3 is 29.6 Å². The summed E-state index contributed by atoms with van der Waals surface area (Å²) in [7, 11) is 0. The maximum absolute atomic E-state index is 8.98. The molecule has 0 spiro atoms. The van der Waals surface area contributed by atoms with Gasteiger partial charge < -0.3 is 6.63 Å². The van der Waals surface area contributed by atoms with Gasteiger partial charge in [-0.05, 0) is 0 Å². The number of nitrogens with zero attached hydrogens (tertiary/aromatic N) is 4. The van der Waals surface area contributed by atoms with Crippen LogP contribution in [-0.4, -0.2) is 24.9 Å². The van der Waals surface area contributed by atoms with Crippen LogP contribution in [0, 0.1) is 0 Å². The summed E-state index contributed by atoms with van der Waals surface area (Å²) in [6, 6.07) is 0. The van der Waals surface area contributed by atoms with Gasteiger partial charge in [0.1, 0.15) is 18.2 Å². The number of imidazole rings is 1. The van der Waals surface area contributed by atoms with Crippen LogP contribution < -0.4 is 29.6 Å². The van der Waals surface area contributed by atoms with Crippen molar-refractivity contribution < 1.29 is 36.2 Å². The molecule has 52 valence electrons. The third-order valence-corrected chi connectivity index (χ3v) is 1.20. The summed E-state index contributed by atoms with van der Waals surface area (Å²) in [5.74, 6) is 0. The standard InChI is InChI=1S/C5H4N4O.Na.H/c10-9-3-8-4-1-6-2-7-5(4)9;;/h1-3,10H;;/q;+1;-1. The molecule has 0 aliphatic carbocycles. The van der Waals surface area contributed by atoms with Crippen LogP contribution >= 0.6 is 0 Å². The second kappa shape index (κ2) is 3.17. The molecule has 0 aromatic carbocycles. The zero-order valence-electron chi connectivity index (χ0n) is 6.97. The minimum absolute atomic E-state index is 0. The van der Waals surface area contributed by atoms with Crippen LogP contribution in [0.4, 0.5) is 0 Å². The molecule has 6 heteroatoms. The van der Waals surface area contributed by atoms with Crippen LogP contribution in [0.1, 0.15) is 1.43 Å². The topological polar surface area (TPSA) is 63.8 Å². The van der Waals surface area contributed by atoms with Crippen LogP contribution in [0.25, 0.3) is 11.2 Å². The first-order valence-corrected chi connectivity index (χ1v) is 2.70. The van der Waals surface area contributed by atoms with E-state index in [-0.39, 0.29) is 31.0 Å². The molecule has 0 saturated carbocycles. The van der Waals surface area contributed by atoms with Gasteiger partial charge in [-0.25, -0.2) is 15.0 Å². The molecule has 0 aliphatic rings. The van der Waals surface area contributed by atoms with Crippen molar-refractivity contribution in [1.82, 2.24) is 19.7 Å². The molecule has 0 amide bonds. The van der Waals surface area contributed by atoms with Crippen molar-refractivity contribution in [3.05, 3.63) is 18.9 Å². The van der Waals surface area contributed by atoms with E-state index in [1.165, 1.54) is 18.9 Å². The molecule has 0 fully saturated rings. The molecule has 2 rings (SSSR count). The van der Waals surface area contributed by atoms with Crippen molar-refractivity contribution in [2.75, 3.05) is 0 Å². The smallest absolute Gasteiger partial charge is 1.00 e. The van der Waals surface area contributed by atoms with Crippen molar-refractivity contribution in [1.29, 1.82) is 0 Å². The molecule has 2 aromatic heterocycles. The first kappa shape index (κ1) is 8.45. The monoisotopic (exact) mass is 160 g/mol. The van der Waals surface area contributed by atoms with E-state index in [0.717, 1.165) is 4.73 Å². The van der Waals surface area contributed by atoms with Crippen LogP contribution in [0.2, 0.25) is 0 Å². The average Bonchev–Trinajstić information content (AvgIpc) is 2.34. The first-order chi connectivity index (χ1) is 4.88. The van der Waals surface area contributed by atoms with Gasteiger partial charge in [0.05, 0.1) is 6.20 Å². The Balaban J connectivity index is 0.000000605. The SMILES string of the molecule is On1cnc2cncnc21.[H-].[Na+]. The molecule has 0 unspecified atom stereocenters. The van der Waals surface area contributed by atoms with Crippen LogP contribution in [-0.2, 0) is 0 Å². The number of hydrogen-bond donors (Lipinski definition) is 1. The third kappa shape index (κ3) is 1.35. The summed E-state index contributed by atoms with van der Waals surface area (Å²) in [6.07, 6.45) is 4.17. The number of aromatic nitrogens is 4. The molecule has 2 heterocycles. The fraction of sp³-hybridized carbons (Fsp3) is 0. The van der Waals surface area contributed by atoms with Gasteiger partial charge in [0.15, 0.2) is 5.65 Å². The minimum Gasteiger partial charge on any atom is -1.00 e. The van der Waals surface area contributed by atoms with Crippen molar-refractivity contribution >= 4 is 11.2 Å². The molecule has 2 aromatic rings. The van der Waals surface area contributed by atoms with E-state index in [2.05, 4.69) is 15.0 Å². The van der Waals surface area contributed by atoms with Crippen molar-refractivity contribution in [2.24, 2.45) is 0 Å². The average molecular weight is 160 g/mol. The van der Waals surface area contributed by atoms with Crippen molar-refractivity contribution in [3.63, 3.8) is 0 Å². The Bertz CT molecular complexity index is 365. The van der Waals surface area contributed by atoms with Crippen molar-refractivity contribution in [2.45, 2.75) is 0 Å². The summed E-state index contributed by atoms with van der Waals surface area (Å²) in [6.45, 7) is 0. The van der Waals surface area contributed by atoms with Gasteiger partial charge in [-0.15, -0.1) is 0 Å². The van der Waals surface area contributed by atoms with Gasteiger partial charge in [-0.1, -0.05) is 0 Å². The molecule has 1 N–H and O–H groups in total. The minimum atomic E-state index is 0. The molecule has 0 radical (unpaired) electrons. The van der Waals surface area contributed by atoms with E-state index in [1.54, 1.807) is 0 Å². The number of rotatable bonds is 0. The summed E-state index contributed by atoms with van der Waals surface area (Å²) in [5, 5.41) is 8.98. The van der Waals surface area contributed by atoms with Gasteiger partial charge in [0.2, 0.25) is 0 Å². The second-order valence-corrected chi connectivity index (χ2v) is 1.82. The van der Waals surface area contributed by atoms with Crippen molar-refractivity contribution in [3.8, 4) is 0 Å². The zero-order chi connectivity index (χ0) is 6.97. The van der Waals surface area contributed by atoms with Gasteiger partial charge in [0.25, 0.3) is 0 Å². The molecule has 11 heavy (non-hydrogen) atoms. The molecule has 0 atom stereocenters. The second-order valence-electron chi connectivity index (χ2n) is 1.82. The van der Waals surface area contributed by atoms with Crippen LogP contribution in [0.3, 0.4) is 0 Å². The molecule has 0 aliphatic heterocycles. The quantitative estimate of drug-likeness (QED) is 0.333. The Hall–Kier alpha value is -0.650. The Kier molecular flexibility index (Phi) is 2.43. The van der Waals surface area contributed by atoms with E-state index in [9.17, 15) is 0 Å². The van der Waals surface area contributed by atoms with Crippen LogP contribution in [0.5, 0.6) is 0 Å². The predicted molar refractivity (Wildman–Crippen MR) is 33.6 cm³/mol. The Labute approximate surface area is 85.8 Å². The maximum Gasteiger partial charge on any atom is 1.00 e. The van der Waals surface area contributed by atoms with E-state index in [4.69, 9.17) is 5.21 Å². The van der Waals surface area contributed by atoms with Gasteiger partial charge in [-0.3, -0.25) is 0 Å². The molecule has 5 nitrogen and oxygen atoms in total. The van der Waals surface area contributed by atoms with E-state index in [0.29, 0.717) is 11.2 Å². The van der Waals surface area contributed by atoms with E-state index >= 15 is 0 Å². The molecule has 0 bridgehead atoms. The first-order valence-electron chi connectivity index (χ1n) is 2.70. The maximum atomic E-state index is 8.98. The summed E-state index contributed by atoms with van der Waals surface area (Å²) < 4.78 is 0.858. The fourth-order valence-corrected chi connectivity index (χ4v) is 0.755. The molecule has 0 saturated heterocycles.